The smallest absolute Gasteiger partial charge is 0.328 e. The van der Waals surface area contributed by atoms with Gasteiger partial charge >= 0.3 is 5.97 Å². The van der Waals surface area contributed by atoms with Crippen LogP contribution in [0.25, 0.3) is 11.4 Å². The topological polar surface area (TPSA) is 97.1 Å². The van der Waals surface area contributed by atoms with Crippen molar-refractivity contribution in [2.75, 3.05) is 5.32 Å². The van der Waals surface area contributed by atoms with Gasteiger partial charge in [0.25, 0.3) is 0 Å². The molecule has 0 radical (unpaired) electrons. The Kier molecular flexibility index (Phi) is 3.90. The Morgan fingerprint density at radius 3 is 2.50 bits per heavy atom. The second kappa shape index (κ2) is 5.79. The molecule has 1 heterocycles. The first-order valence-electron chi connectivity index (χ1n) is 5.72. The van der Waals surface area contributed by atoms with Crippen molar-refractivity contribution in [3.63, 3.8) is 0 Å². The molecule has 1 aromatic carbocycles. The van der Waals surface area contributed by atoms with Crippen LogP contribution in [0.3, 0.4) is 0 Å². The summed E-state index contributed by atoms with van der Waals surface area (Å²) in [5.41, 5.74) is 1.43. The number of anilines is 1. The lowest BCUT2D eigenvalue weighted by molar-refractivity contribution is -0.131. The van der Waals surface area contributed by atoms with Gasteiger partial charge in [-0.15, -0.1) is 10.2 Å². The monoisotopic (exact) mass is 272 g/mol. The molecule has 0 unspecified atom stereocenters. The molecule has 0 aliphatic heterocycles. The number of carboxylic acid groups (broad SMARTS) is 1. The van der Waals surface area contributed by atoms with Crippen molar-refractivity contribution in [2.45, 2.75) is 0 Å². The Hall–Kier alpha value is -2.96. The number of nitrogens with zero attached hydrogens (tertiary/aromatic N) is 3. The predicted octanol–water partition coefficient (Wildman–Crippen LogP) is 1.06. The summed E-state index contributed by atoms with van der Waals surface area (Å²) in [5.74, 6) is -0.953. The normalized spacial score (nSPS) is 10.7. The fourth-order valence-corrected chi connectivity index (χ4v) is 1.58. The van der Waals surface area contributed by atoms with Gasteiger partial charge in [0.2, 0.25) is 5.91 Å². The van der Waals surface area contributed by atoms with Crippen LogP contribution in [0.2, 0.25) is 0 Å². The van der Waals surface area contributed by atoms with Crippen molar-refractivity contribution in [3.8, 4) is 11.4 Å². The lowest BCUT2D eigenvalue weighted by atomic mass is 10.2. The molecule has 1 amide bonds. The van der Waals surface area contributed by atoms with Gasteiger partial charge < -0.3 is 15.0 Å². The first kappa shape index (κ1) is 13.5. The number of carboxylic acids is 1. The van der Waals surface area contributed by atoms with Gasteiger partial charge in [-0.1, -0.05) is 0 Å². The van der Waals surface area contributed by atoms with Crippen LogP contribution in [0.15, 0.2) is 42.7 Å². The molecule has 0 aliphatic rings. The van der Waals surface area contributed by atoms with Crippen LogP contribution in [-0.4, -0.2) is 31.7 Å². The van der Waals surface area contributed by atoms with Crippen LogP contribution >= 0.6 is 0 Å². The van der Waals surface area contributed by atoms with Crippen molar-refractivity contribution in [1.82, 2.24) is 14.8 Å². The summed E-state index contributed by atoms with van der Waals surface area (Å²) in [6, 6.07) is 6.99. The van der Waals surface area contributed by atoms with Gasteiger partial charge in [-0.25, -0.2) is 4.79 Å². The molecule has 102 valence electrons. The fourth-order valence-electron chi connectivity index (χ4n) is 1.58. The Labute approximate surface area is 114 Å². The number of aliphatic carboxylic acids is 1. The number of amides is 1. The van der Waals surface area contributed by atoms with Crippen LogP contribution in [0.5, 0.6) is 0 Å². The molecule has 0 saturated carbocycles. The minimum absolute atomic E-state index is 0.501. The van der Waals surface area contributed by atoms with E-state index in [2.05, 4.69) is 15.5 Å². The van der Waals surface area contributed by atoms with Crippen molar-refractivity contribution in [2.24, 2.45) is 7.05 Å². The number of aryl methyl sites for hydroxylation is 1. The van der Waals surface area contributed by atoms with E-state index in [1.54, 1.807) is 35.2 Å². The third kappa shape index (κ3) is 3.29. The SMILES string of the molecule is Cn1cnnc1-c1ccc(NC(=O)/C=C/C(=O)O)cc1. The summed E-state index contributed by atoms with van der Waals surface area (Å²) in [5, 5.41) is 18.7. The Bertz CT molecular complexity index is 659. The van der Waals surface area contributed by atoms with E-state index in [1.807, 2.05) is 7.05 Å². The molecular formula is C13H12N4O3. The van der Waals surface area contributed by atoms with Crippen LogP contribution < -0.4 is 5.32 Å². The second-order valence-electron chi connectivity index (χ2n) is 4.00. The van der Waals surface area contributed by atoms with Crippen LogP contribution in [0, 0.1) is 0 Å². The molecule has 0 aliphatic carbocycles. The van der Waals surface area contributed by atoms with E-state index in [0.717, 1.165) is 17.7 Å². The fraction of sp³-hybridized carbons (Fsp3) is 0.0769. The maximum atomic E-state index is 11.4. The molecule has 0 saturated heterocycles. The molecule has 0 spiro atoms. The zero-order chi connectivity index (χ0) is 14.5. The van der Waals surface area contributed by atoms with E-state index in [4.69, 9.17) is 5.11 Å². The van der Waals surface area contributed by atoms with Gasteiger partial charge in [0, 0.05) is 30.5 Å². The van der Waals surface area contributed by atoms with Crippen LogP contribution in [0.1, 0.15) is 0 Å². The van der Waals surface area contributed by atoms with E-state index < -0.39 is 11.9 Å². The molecule has 7 heteroatoms. The number of hydrogen-bond acceptors (Lipinski definition) is 4. The number of nitrogens with one attached hydrogen (secondary N) is 1. The van der Waals surface area contributed by atoms with E-state index in [-0.39, 0.29) is 0 Å². The molecule has 2 N–H and O–H groups in total. The lowest BCUT2D eigenvalue weighted by Crippen LogP contribution is -2.08. The van der Waals surface area contributed by atoms with E-state index >= 15 is 0 Å². The number of rotatable bonds is 4. The number of benzene rings is 1. The molecule has 7 nitrogen and oxygen atoms in total. The summed E-state index contributed by atoms with van der Waals surface area (Å²) < 4.78 is 1.78. The summed E-state index contributed by atoms with van der Waals surface area (Å²) in [4.78, 5) is 21.7. The summed E-state index contributed by atoms with van der Waals surface area (Å²) >= 11 is 0. The molecule has 2 aromatic rings. The Morgan fingerprint density at radius 1 is 1.25 bits per heavy atom. The number of aromatic nitrogens is 3. The lowest BCUT2D eigenvalue weighted by Gasteiger charge is -2.04. The van der Waals surface area contributed by atoms with E-state index in [9.17, 15) is 9.59 Å². The van der Waals surface area contributed by atoms with Crippen molar-refractivity contribution >= 4 is 17.6 Å². The minimum Gasteiger partial charge on any atom is -0.478 e. The van der Waals surface area contributed by atoms with Crippen LogP contribution in [0.4, 0.5) is 5.69 Å². The standard InChI is InChI=1S/C13H12N4O3/c1-17-8-14-16-13(17)9-2-4-10(5-3-9)15-11(18)6-7-12(19)20/h2-8H,1H3,(H,15,18)(H,19,20)/b7-6+. The maximum Gasteiger partial charge on any atom is 0.328 e. The summed E-state index contributed by atoms with van der Waals surface area (Å²) in [7, 11) is 1.84. The van der Waals surface area contributed by atoms with Gasteiger partial charge in [-0.2, -0.15) is 0 Å². The molecule has 0 atom stereocenters. The highest BCUT2D eigenvalue weighted by atomic mass is 16.4. The van der Waals surface area contributed by atoms with Crippen molar-refractivity contribution in [1.29, 1.82) is 0 Å². The first-order valence-corrected chi connectivity index (χ1v) is 5.72. The summed E-state index contributed by atoms with van der Waals surface area (Å²) in [6.07, 6.45) is 3.34. The van der Waals surface area contributed by atoms with Gasteiger partial charge in [0.1, 0.15) is 6.33 Å². The quantitative estimate of drug-likeness (QED) is 0.811. The third-order valence-corrected chi connectivity index (χ3v) is 2.50. The highest BCUT2D eigenvalue weighted by molar-refractivity contribution is 6.02. The molecule has 0 bridgehead atoms. The Morgan fingerprint density at radius 2 is 1.95 bits per heavy atom. The van der Waals surface area contributed by atoms with Gasteiger partial charge in [-0.3, -0.25) is 4.79 Å². The average molecular weight is 272 g/mol. The van der Waals surface area contributed by atoms with E-state index in [1.165, 1.54) is 0 Å². The van der Waals surface area contributed by atoms with Crippen LogP contribution in [-0.2, 0) is 16.6 Å². The molecule has 0 fully saturated rings. The van der Waals surface area contributed by atoms with Gasteiger partial charge in [0.05, 0.1) is 0 Å². The largest absolute Gasteiger partial charge is 0.478 e. The zero-order valence-corrected chi connectivity index (χ0v) is 10.6. The third-order valence-electron chi connectivity index (χ3n) is 2.50. The van der Waals surface area contributed by atoms with Gasteiger partial charge in [0.15, 0.2) is 5.82 Å². The van der Waals surface area contributed by atoms with Gasteiger partial charge in [-0.05, 0) is 24.3 Å². The van der Waals surface area contributed by atoms with Crippen molar-refractivity contribution < 1.29 is 14.7 Å². The van der Waals surface area contributed by atoms with E-state index in [0.29, 0.717) is 11.5 Å². The number of carbonyl (C=O) groups is 2. The summed E-state index contributed by atoms with van der Waals surface area (Å²) in [6.45, 7) is 0. The molecule has 20 heavy (non-hydrogen) atoms. The highest BCUT2D eigenvalue weighted by Crippen LogP contribution is 2.18. The number of hydrogen-bond donors (Lipinski definition) is 2. The second-order valence-corrected chi connectivity index (χ2v) is 4.00. The molecular weight excluding hydrogens is 260 g/mol. The maximum absolute atomic E-state index is 11.4. The first-order chi connectivity index (χ1) is 9.56. The Balaban J connectivity index is 2.07. The highest BCUT2D eigenvalue weighted by Gasteiger charge is 2.05. The predicted molar refractivity (Wildman–Crippen MR) is 71.8 cm³/mol. The molecule has 1 aromatic heterocycles. The minimum atomic E-state index is -1.17. The average Bonchev–Trinajstić information content (AvgIpc) is 2.84. The number of carbonyl (C=O) groups excluding carboxylic acids is 1. The molecule has 2 rings (SSSR count). The van der Waals surface area contributed by atoms with Crippen molar-refractivity contribution in [3.05, 3.63) is 42.7 Å². The zero-order valence-electron chi connectivity index (χ0n) is 10.6.